The predicted octanol–water partition coefficient (Wildman–Crippen LogP) is 2.00. The number of nitriles is 1. The largest absolute Gasteiger partial charge is 0.458 e. The van der Waals surface area contributed by atoms with Crippen LogP contribution in [-0.4, -0.2) is 16.1 Å². The Morgan fingerprint density at radius 2 is 1.53 bits per heavy atom. The summed E-state index contributed by atoms with van der Waals surface area (Å²) in [4.78, 5) is 6.05. The summed E-state index contributed by atoms with van der Waals surface area (Å²) in [5.74, 6) is -5.49. The first-order chi connectivity index (χ1) is 6.79. The highest BCUT2D eigenvalue weighted by molar-refractivity contribution is 5.18. The van der Waals surface area contributed by atoms with E-state index >= 15 is 0 Å². The molecule has 0 unspecified atom stereocenters. The van der Waals surface area contributed by atoms with E-state index in [0.717, 1.165) is 0 Å². The van der Waals surface area contributed by atoms with Crippen molar-refractivity contribution in [3.05, 3.63) is 23.8 Å². The quantitative estimate of drug-likeness (QED) is 0.684. The average Bonchev–Trinajstić information content (AvgIpc) is 2.16. The molecular formula is C7H2F5N3. The zero-order chi connectivity index (χ0) is 11.7. The van der Waals surface area contributed by atoms with Crippen LogP contribution in [0.1, 0.15) is 11.4 Å². The maximum absolute atomic E-state index is 12.6. The summed E-state index contributed by atoms with van der Waals surface area (Å²) in [6, 6.07) is 1.40. The zero-order valence-corrected chi connectivity index (χ0v) is 6.89. The van der Waals surface area contributed by atoms with Crippen LogP contribution >= 0.6 is 0 Å². The van der Waals surface area contributed by atoms with Crippen LogP contribution in [0.25, 0.3) is 0 Å². The molecule has 0 bridgehead atoms. The minimum Gasteiger partial charge on any atom is -0.227 e. The van der Waals surface area contributed by atoms with Crippen molar-refractivity contribution in [3.8, 4) is 6.07 Å². The normalized spacial score (nSPS) is 12.3. The van der Waals surface area contributed by atoms with Gasteiger partial charge in [0.2, 0.25) is 5.82 Å². The van der Waals surface area contributed by atoms with E-state index in [2.05, 4.69) is 9.97 Å². The number of halogens is 5. The fraction of sp³-hybridized carbons (Fsp3) is 0.286. The fourth-order valence-electron chi connectivity index (χ4n) is 0.712. The van der Waals surface area contributed by atoms with Crippen LogP contribution in [0.2, 0.25) is 0 Å². The van der Waals surface area contributed by atoms with Gasteiger partial charge in [-0.2, -0.15) is 27.2 Å². The summed E-state index contributed by atoms with van der Waals surface area (Å²) in [6.45, 7) is 0. The summed E-state index contributed by atoms with van der Waals surface area (Å²) >= 11 is 0. The third-order valence-corrected chi connectivity index (χ3v) is 1.47. The van der Waals surface area contributed by atoms with Gasteiger partial charge >= 0.3 is 12.1 Å². The number of nitrogens with zero attached hydrogens (tertiary/aromatic N) is 3. The van der Waals surface area contributed by atoms with Gasteiger partial charge < -0.3 is 0 Å². The Hall–Kier alpha value is -1.78. The molecular weight excluding hydrogens is 221 g/mol. The van der Waals surface area contributed by atoms with Crippen molar-refractivity contribution in [2.24, 2.45) is 0 Å². The predicted molar refractivity (Wildman–Crippen MR) is 36.7 cm³/mol. The Morgan fingerprint density at radius 1 is 1.07 bits per heavy atom. The van der Waals surface area contributed by atoms with E-state index in [4.69, 9.17) is 5.26 Å². The Bertz CT molecular complexity index is 389. The van der Waals surface area contributed by atoms with Crippen LogP contribution in [-0.2, 0) is 5.92 Å². The second-order valence-corrected chi connectivity index (χ2v) is 2.48. The van der Waals surface area contributed by atoms with Crippen molar-refractivity contribution in [1.29, 1.82) is 5.26 Å². The van der Waals surface area contributed by atoms with Gasteiger partial charge in [-0.3, -0.25) is 0 Å². The van der Waals surface area contributed by atoms with E-state index in [-0.39, 0.29) is 12.4 Å². The maximum atomic E-state index is 12.6. The van der Waals surface area contributed by atoms with Gasteiger partial charge in [0.05, 0.1) is 5.56 Å². The fourth-order valence-corrected chi connectivity index (χ4v) is 0.712. The molecule has 1 aromatic heterocycles. The number of aromatic nitrogens is 2. The molecule has 0 amide bonds. The van der Waals surface area contributed by atoms with Crippen LogP contribution < -0.4 is 0 Å². The van der Waals surface area contributed by atoms with Gasteiger partial charge in [-0.1, -0.05) is 0 Å². The molecule has 0 aliphatic heterocycles. The summed E-state index contributed by atoms with van der Waals surface area (Å²) in [5.41, 5.74) is -1.39. The molecule has 80 valence electrons. The monoisotopic (exact) mass is 223 g/mol. The summed E-state index contributed by atoms with van der Waals surface area (Å²) in [6.07, 6.45) is -5.15. The molecule has 0 aromatic carbocycles. The molecule has 1 heterocycles. The van der Waals surface area contributed by atoms with Gasteiger partial charge in [-0.25, -0.2) is 9.97 Å². The molecule has 0 spiro atoms. The standard InChI is InChI=1S/C7H2F5N3/c8-6(9,7(10,11)12)4-2-14-5(1-13)15-3-4/h2-3H. The van der Waals surface area contributed by atoms with Crippen molar-refractivity contribution >= 4 is 0 Å². The van der Waals surface area contributed by atoms with E-state index in [1.54, 1.807) is 0 Å². The average molecular weight is 223 g/mol. The van der Waals surface area contributed by atoms with Crippen molar-refractivity contribution < 1.29 is 22.0 Å². The molecule has 0 aliphatic rings. The second kappa shape index (κ2) is 3.42. The molecule has 0 radical (unpaired) electrons. The lowest BCUT2D eigenvalue weighted by atomic mass is 10.2. The summed E-state index contributed by atoms with van der Waals surface area (Å²) in [7, 11) is 0. The highest BCUT2D eigenvalue weighted by Gasteiger charge is 2.59. The smallest absolute Gasteiger partial charge is 0.227 e. The first-order valence-electron chi connectivity index (χ1n) is 3.46. The molecule has 0 saturated carbocycles. The molecule has 0 fully saturated rings. The van der Waals surface area contributed by atoms with Gasteiger partial charge in [0.15, 0.2) is 0 Å². The van der Waals surface area contributed by atoms with Crippen molar-refractivity contribution in [1.82, 2.24) is 9.97 Å². The first-order valence-corrected chi connectivity index (χ1v) is 3.46. The summed E-state index contributed by atoms with van der Waals surface area (Å²) in [5, 5.41) is 8.21. The third kappa shape index (κ3) is 2.01. The molecule has 0 saturated heterocycles. The molecule has 1 rings (SSSR count). The summed E-state index contributed by atoms with van der Waals surface area (Å²) < 4.78 is 60.7. The Balaban J connectivity index is 3.13. The second-order valence-electron chi connectivity index (χ2n) is 2.48. The van der Waals surface area contributed by atoms with Crippen LogP contribution in [0.4, 0.5) is 22.0 Å². The molecule has 3 nitrogen and oxygen atoms in total. The molecule has 0 N–H and O–H groups in total. The number of rotatable bonds is 1. The molecule has 8 heteroatoms. The van der Waals surface area contributed by atoms with Gasteiger partial charge in [0, 0.05) is 12.4 Å². The van der Waals surface area contributed by atoms with Crippen LogP contribution in [0.3, 0.4) is 0 Å². The first kappa shape index (κ1) is 11.3. The van der Waals surface area contributed by atoms with Crippen molar-refractivity contribution in [2.45, 2.75) is 12.1 Å². The van der Waals surface area contributed by atoms with Gasteiger partial charge in [-0.15, -0.1) is 0 Å². The lowest BCUT2D eigenvalue weighted by molar-refractivity contribution is -0.289. The Labute approximate surface area is 80.2 Å². The number of alkyl halides is 5. The van der Waals surface area contributed by atoms with Gasteiger partial charge in [0.1, 0.15) is 6.07 Å². The topological polar surface area (TPSA) is 49.6 Å². The van der Waals surface area contributed by atoms with E-state index in [9.17, 15) is 22.0 Å². The van der Waals surface area contributed by atoms with E-state index in [0.29, 0.717) is 0 Å². The Kier molecular flexibility index (Phi) is 2.57. The SMILES string of the molecule is N#Cc1ncc(C(F)(F)C(F)(F)F)cn1. The van der Waals surface area contributed by atoms with Crippen LogP contribution in [0.15, 0.2) is 12.4 Å². The minimum atomic E-state index is -5.70. The van der Waals surface area contributed by atoms with E-state index in [1.165, 1.54) is 6.07 Å². The minimum absolute atomic E-state index is 0.277. The van der Waals surface area contributed by atoms with Crippen molar-refractivity contribution in [2.75, 3.05) is 0 Å². The highest BCUT2D eigenvalue weighted by atomic mass is 19.4. The number of hydrogen-bond acceptors (Lipinski definition) is 3. The molecule has 0 atom stereocenters. The third-order valence-electron chi connectivity index (χ3n) is 1.47. The Morgan fingerprint density at radius 3 is 1.87 bits per heavy atom. The number of hydrogen-bond donors (Lipinski definition) is 0. The van der Waals surface area contributed by atoms with Crippen molar-refractivity contribution in [3.63, 3.8) is 0 Å². The molecule has 0 aliphatic carbocycles. The van der Waals surface area contributed by atoms with E-state index in [1.807, 2.05) is 0 Å². The van der Waals surface area contributed by atoms with E-state index < -0.39 is 23.5 Å². The lowest BCUT2D eigenvalue weighted by Crippen LogP contribution is -2.33. The van der Waals surface area contributed by atoms with Crippen LogP contribution in [0.5, 0.6) is 0 Å². The maximum Gasteiger partial charge on any atom is 0.458 e. The van der Waals surface area contributed by atoms with Crippen LogP contribution in [0, 0.1) is 11.3 Å². The molecule has 1 aromatic rings. The van der Waals surface area contributed by atoms with Gasteiger partial charge in [-0.05, 0) is 0 Å². The van der Waals surface area contributed by atoms with Gasteiger partial charge in [0.25, 0.3) is 0 Å². The zero-order valence-electron chi connectivity index (χ0n) is 6.89. The molecule has 15 heavy (non-hydrogen) atoms. The highest BCUT2D eigenvalue weighted by Crippen LogP contribution is 2.43. The lowest BCUT2D eigenvalue weighted by Gasteiger charge is -2.18.